The van der Waals surface area contributed by atoms with Crippen molar-refractivity contribution in [1.29, 1.82) is 0 Å². The lowest BCUT2D eigenvalue weighted by molar-refractivity contribution is 0.554. The van der Waals surface area contributed by atoms with Crippen molar-refractivity contribution < 1.29 is 8.42 Å². The van der Waals surface area contributed by atoms with Gasteiger partial charge in [0.15, 0.2) is 0 Å². The van der Waals surface area contributed by atoms with Gasteiger partial charge < -0.3 is 5.73 Å². The van der Waals surface area contributed by atoms with E-state index in [0.717, 1.165) is 11.3 Å². The van der Waals surface area contributed by atoms with Crippen LogP contribution in [0.4, 0.5) is 5.13 Å². The molecule has 0 amide bonds. The zero-order valence-electron chi connectivity index (χ0n) is 9.91. The Bertz CT molecular complexity index is 686. The lowest BCUT2D eigenvalue weighted by atomic mass is 10.1. The van der Waals surface area contributed by atoms with Gasteiger partial charge in [0.1, 0.15) is 0 Å². The number of benzene rings is 1. The molecule has 0 fully saturated rings. The maximum Gasteiger partial charge on any atom is 0.270 e. The molecule has 3 N–H and O–H groups in total. The normalized spacial score (nSPS) is 15.6. The SMILES string of the molecule is Nc1nnc(S(=O)(=O)NC2Cc3ccccc3C2)s1. The minimum Gasteiger partial charge on any atom is -0.374 e. The Morgan fingerprint density at radius 1 is 1.21 bits per heavy atom. The van der Waals surface area contributed by atoms with Crippen LogP contribution in [0, 0.1) is 0 Å². The molecular weight excluding hydrogens is 284 g/mol. The smallest absolute Gasteiger partial charge is 0.270 e. The van der Waals surface area contributed by atoms with Gasteiger partial charge in [-0.15, -0.1) is 10.2 Å². The van der Waals surface area contributed by atoms with E-state index in [1.165, 1.54) is 11.1 Å². The predicted molar refractivity (Wildman–Crippen MR) is 72.3 cm³/mol. The third-order valence-corrected chi connectivity index (χ3v) is 5.67. The molecule has 8 heteroatoms. The molecule has 0 atom stereocenters. The second kappa shape index (κ2) is 4.55. The summed E-state index contributed by atoms with van der Waals surface area (Å²) in [5.41, 5.74) is 7.78. The van der Waals surface area contributed by atoms with Crippen molar-refractivity contribution >= 4 is 26.5 Å². The second-order valence-corrected chi connectivity index (χ2v) is 7.30. The molecule has 1 aliphatic rings. The van der Waals surface area contributed by atoms with Crippen LogP contribution in [0.25, 0.3) is 0 Å². The molecule has 19 heavy (non-hydrogen) atoms. The largest absolute Gasteiger partial charge is 0.374 e. The highest BCUT2D eigenvalue weighted by atomic mass is 32.2. The van der Waals surface area contributed by atoms with Gasteiger partial charge in [0.05, 0.1) is 0 Å². The molecule has 1 aromatic carbocycles. The van der Waals surface area contributed by atoms with E-state index in [1.807, 2.05) is 24.3 Å². The number of anilines is 1. The van der Waals surface area contributed by atoms with Gasteiger partial charge in [-0.25, -0.2) is 13.1 Å². The van der Waals surface area contributed by atoms with Gasteiger partial charge in [-0.05, 0) is 24.0 Å². The van der Waals surface area contributed by atoms with Crippen LogP contribution in [0.5, 0.6) is 0 Å². The first kappa shape index (κ1) is 12.5. The van der Waals surface area contributed by atoms with E-state index in [4.69, 9.17) is 5.73 Å². The molecule has 0 aliphatic heterocycles. The van der Waals surface area contributed by atoms with Crippen LogP contribution in [0.3, 0.4) is 0 Å². The fourth-order valence-electron chi connectivity index (χ4n) is 2.24. The molecule has 3 rings (SSSR count). The minimum atomic E-state index is -3.63. The molecular formula is C11H12N4O2S2. The Labute approximate surface area is 114 Å². The maximum atomic E-state index is 12.1. The highest BCUT2D eigenvalue weighted by molar-refractivity contribution is 7.91. The number of hydrogen-bond donors (Lipinski definition) is 2. The van der Waals surface area contributed by atoms with Gasteiger partial charge in [0, 0.05) is 6.04 Å². The summed E-state index contributed by atoms with van der Waals surface area (Å²) in [5.74, 6) is 0. The average molecular weight is 296 g/mol. The zero-order chi connectivity index (χ0) is 13.5. The number of nitrogens with one attached hydrogen (secondary N) is 1. The van der Waals surface area contributed by atoms with Gasteiger partial charge in [0.25, 0.3) is 10.0 Å². The van der Waals surface area contributed by atoms with Crippen LogP contribution >= 0.6 is 11.3 Å². The Morgan fingerprint density at radius 3 is 2.37 bits per heavy atom. The highest BCUT2D eigenvalue weighted by Crippen LogP contribution is 2.24. The molecule has 0 bridgehead atoms. The first-order chi connectivity index (χ1) is 9.04. The molecule has 0 saturated heterocycles. The summed E-state index contributed by atoms with van der Waals surface area (Å²) < 4.78 is 26.8. The van der Waals surface area contributed by atoms with Gasteiger partial charge in [-0.2, -0.15) is 0 Å². The minimum absolute atomic E-state index is 0.0824. The number of rotatable bonds is 3. The molecule has 1 heterocycles. The predicted octanol–water partition coefficient (Wildman–Crippen LogP) is 0.566. The standard InChI is InChI=1S/C11H12N4O2S2/c12-10-13-14-11(18-10)19(16,17)15-9-5-7-3-1-2-4-8(7)6-9/h1-4,9,15H,5-6H2,(H2,12,13). The Kier molecular flexibility index (Phi) is 3.00. The van der Waals surface area contributed by atoms with E-state index in [2.05, 4.69) is 14.9 Å². The number of nitrogens with two attached hydrogens (primary N) is 1. The molecule has 100 valence electrons. The van der Waals surface area contributed by atoms with Gasteiger partial charge in [-0.3, -0.25) is 0 Å². The second-order valence-electron chi connectivity index (χ2n) is 4.40. The molecule has 0 radical (unpaired) electrons. The summed E-state index contributed by atoms with van der Waals surface area (Å²) in [6.07, 6.45) is 1.40. The van der Waals surface area contributed by atoms with Gasteiger partial charge in [-0.1, -0.05) is 35.6 Å². The Morgan fingerprint density at radius 2 is 1.84 bits per heavy atom. The van der Waals surface area contributed by atoms with E-state index in [-0.39, 0.29) is 15.5 Å². The molecule has 2 aromatic rings. The number of fused-ring (bicyclic) bond motifs is 1. The molecule has 0 unspecified atom stereocenters. The van der Waals surface area contributed by atoms with E-state index >= 15 is 0 Å². The van der Waals surface area contributed by atoms with Crippen LogP contribution in [0.2, 0.25) is 0 Å². The summed E-state index contributed by atoms with van der Waals surface area (Å²) in [6.45, 7) is 0. The molecule has 1 aromatic heterocycles. The summed E-state index contributed by atoms with van der Waals surface area (Å²) in [7, 11) is -3.63. The van der Waals surface area contributed by atoms with Crippen LogP contribution in [-0.2, 0) is 22.9 Å². The summed E-state index contributed by atoms with van der Waals surface area (Å²) in [4.78, 5) is 0. The summed E-state index contributed by atoms with van der Waals surface area (Å²) in [6, 6.07) is 7.83. The number of aromatic nitrogens is 2. The molecule has 0 saturated carbocycles. The lowest BCUT2D eigenvalue weighted by Crippen LogP contribution is -2.35. The van der Waals surface area contributed by atoms with Crippen LogP contribution in [0.15, 0.2) is 28.6 Å². The first-order valence-electron chi connectivity index (χ1n) is 5.73. The quantitative estimate of drug-likeness (QED) is 0.862. The van der Waals surface area contributed by atoms with Crippen molar-refractivity contribution in [3.63, 3.8) is 0 Å². The van der Waals surface area contributed by atoms with Crippen molar-refractivity contribution in [2.24, 2.45) is 0 Å². The van der Waals surface area contributed by atoms with E-state index < -0.39 is 10.0 Å². The van der Waals surface area contributed by atoms with Gasteiger partial charge in [0.2, 0.25) is 9.47 Å². The zero-order valence-corrected chi connectivity index (χ0v) is 11.5. The number of sulfonamides is 1. The third kappa shape index (κ3) is 2.46. The van der Waals surface area contributed by atoms with Crippen molar-refractivity contribution in [1.82, 2.24) is 14.9 Å². The first-order valence-corrected chi connectivity index (χ1v) is 8.03. The molecule has 1 aliphatic carbocycles. The third-order valence-electron chi connectivity index (χ3n) is 3.02. The topological polar surface area (TPSA) is 98.0 Å². The number of nitrogens with zero attached hydrogens (tertiary/aromatic N) is 2. The fourth-order valence-corrected chi connectivity index (χ4v) is 4.28. The number of hydrogen-bond acceptors (Lipinski definition) is 6. The van der Waals surface area contributed by atoms with E-state index in [0.29, 0.717) is 12.8 Å². The van der Waals surface area contributed by atoms with Crippen LogP contribution < -0.4 is 10.5 Å². The van der Waals surface area contributed by atoms with Crippen molar-refractivity contribution in [3.05, 3.63) is 35.4 Å². The highest BCUT2D eigenvalue weighted by Gasteiger charge is 2.28. The summed E-state index contributed by atoms with van der Waals surface area (Å²) >= 11 is 0.867. The lowest BCUT2D eigenvalue weighted by Gasteiger charge is -2.10. The van der Waals surface area contributed by atoms with Gasteiger partial charge >= 0.3 is 0 Å². The molecule has 6 nitrogen and oxygen atoms in total. The van der Waals surface area contributed by atoms with E-state index in [1.54, 1.807) is 0 Å². The van der Waals surface area contributed by atoms with E-state index in [9.17, 15) is 8.42 Å². The van der Waals surface area contributed by atoms with Crippen LogP contribution in [0.1, 0.15) is 11.1 Å². The maximum absolute atomic E-state index is 12.1. The van der Waals surface area contributed by atoms with Crippen LogP contribution in [-0.4, -0.2) is 24.7 Å². The van der Waals surface area contributed by atoms with Crippen molar-refractivity contribution in [3.8, 4) is 0 Å². The van der Waals surface area contributed by atoms with Crippen molar-refractivity contribution in [2.75, 3.05) is 5.73 Å². The van der Waals surface area contributed by atoms with Crippen molar-refractivity contribution in [2.45, 2.75) is 23.2 Å². The summed E-state index contributed by atoms with van der Waals surface area (Å²) in [5, 5.41) is 7.24. The average Bonchev–Trinajstić information content (AvgIpc) is 2.94. The fraction of sp³-hybridized carbons (Fsp3) is 0.273. The Balaban J connectivity index is 1.77. The monoisotopic (exact) mass is 296 g/mol. The number of nitrogen functional groups attached to an aromatic ring is 1. The molecule has 0 spiro atoms. The Hall–Kier alpha value is -1.51.